The lowest BCUT2D eigenvalue weighted by Gasteiger charge is -2.26. The molecule has 0 aromatic heterocycles. The SMILES string of the molecule is CCCN(C(=O)c1ccc(S(N)(=O)=O)cc1)C(C)C. The van der Waals surface area contributed by atoms with E-state index in [1.165, 1.54) is 24.3 Å². The quantitative estimate of drug-likeness (QED) is 0.891. The summed E-state index contributed by atoms with van der Waals surface area (Å²) in [6, 6.07) is 5.80. The minimum Gasteiger partial charge on any atom is -0.336 e. The van der Waals surface area contributed by atoms with Gasteiger partial charge in [0.25, 0.3) is 5.91 Å². The average molecular weight is 284 g/mol. The van der Waals surface area contributed by atoms with Crippen LogP contribution in [0.1, 0.15) is 37.6 Å². The van der Waals surface area contributed by atoms with E-state index in [1.54, 1.807) is 4.90 Å². The molecule has 0 spiro atoms. The number of carbonyl (C=O) groups is 1. The molecule has 19 heavy (non-hydrogen) atoms. The lowest BCUT2D eigenvalue weighted by Crippen LogP contribution is -2.37. The Bertz CT molecular complexity index is 536. The standard InChI is InChI=1S/C13H20N2O3S/c1-4-9-15(10(2)3)13(16)11-5-7-12(8-6-11)19(14,17)18/h5-8,10H,4,9H2,1-3H3,(H2,14,17,18). The van der Waals surface area contributed by atoms with Crippen LogP contribution in [0.2, 0.25) is 0 Å². The van der Waals surface area contributed by atoms with E-state index in [-0.39, 0.29) is 16.8 Å². The molecule has 0 saturated carbocycles. The predicted octanol–water partition coefficient (Wildman–Crippen LogP) is 1.59. The molecule has 0 aliphatic carbocycles. The van der Waals surface area contributed by atoms with Crippen LogP contribution in [0.5, 0.6) is 0 Å². The van der Waals surface area contributed by atoms with Crippen LogP contribution < -0.4 is 5.14 Å². The Hall–Kier alpha value is -1.40. The first-order valence-corrected chi connectivity index (χ1v) is 7.75. The summed E-state index contributed by atoms with van der Waals surface area (Å²) in [5.41, 5.74) is 0.467. The van der Waals surface area contributed by atoms with Crippen molar-refractivity contribution in [3.05, 3.63) is 29.8 Å². The Labute approximate surface area is 114 Å². The molecule has 5 nitrogen and oxygen atoms in total. The van der Waals surface area contributed by atoms with E-state index >= 15 is 0 Å². The van der Waals surface area contributed by atoms with Gasteiger partial charge >= 0.3 is 0 Å². The van der Waals surface area contributed by atoms with E-state index in [0.717, 1.165) is 6.42 Å². The summed E-state index contributed by atoms with van der Waals surface area (Å²) in [5, 5.41) is 5.02. The number of amides is 1. The van der Waals surface area contributed by atoms with Crippen LogP contribution in [-0.4, -0.2) is 31.8 Å². The van der Waals surface area contributed by atoms with E-state index < -0.39 is 10.0 Å². The van der Waals surface area contributed by atoms with Crippen molar-refractivity contribution in [1.29, 1.82) is 0 Å². The second-order valence-electron chi connectivity index (χ2n) is 4.66. The van der Waals surface area contributed by atoms with E-state index in [2.05, 4.69) is 0 Å². The van der Waals surface area contributed by atoms with Crippen LogP contribution in [0, 0.1) is 0 Å². The highest BCUT2D eigenvalue weighted by molar-refractivity contribution is 7.89. The Kier molecular flexibility index (Phi) is 5.08. The highest BCUT2D eigenvalue weighted by Crippen LogP contribution is 2.13. The normalized spacial score (nSPS) is 11.6. The van der Waals surface area contributed by atoms with Gasteiger partial charge in [-0.15, -0.1) is 0 Å². The van der Waals surface area contributed by atoms with Crippen molar-refractivity contribution in [1.82, 2.24) is 4.90 Å². The zero-order valence-electron chi connectivity index (χ0n) is 11.5. The van der Waals surface area contributed by atoms with E-state index in [1.807, 2.05) is 20.8 Å². The molecule has 0 radical (unpaired) electrons. The third kappa shape index (κ3) is 4.04. The first-order chi connectivity index (χ1) is 8.77. The molecule has 0 atom stereocenters. The van der Waals surface area contributed by atoms with Gasteiger partial charge in [0.05, 0.1) is 4.90 Å². The van der Waals surface area contributed by atoms with Crippen LogP contribution in [0.25, 0.3) is 0 Å². The van der Waals surface area contributed by atoms with Gasteiger partial charge in [-0.2, -0.15) is 0 Å². The number of benzene rings is 1. The third-order valence-corrected chi connectivity index (χ3v) is 3.71. The molecule has 0 aliphatic rings. The van der Waals surface area contributed by atoms with Crippen molar-refractivity contribution in [2.75, 3.05) is 6.54 Å². The summed E-state index contributed by atoms with van der Waals surface area (Å²) in [4.78, 5) is 14.0. The Morgan fingerprint density at radius 2 is 1.79 bits per heavy atom. The molecule has 1 amide bonds. The van der Waals surface area contributed by atoms with Gasteiger partial charge in [-0.1, -0.05) is 6.92 Å². The Morgan fingerprint density at radius 3 is 2.16 bits per heavy atom. The smallest absolute Gasteiger partial charge is 0.254 e. The predicted molar refractivity (Wildman–Crippen MR) is 74.3 cm³/mol. The summed E-state index contributed by atoms with van der Waals surface area (Å²) >= 11 is 0. The van der Waals surface area contributed by atoms with Gasteiger partial charge in [0, 0.05) is 18.2 Å². The van der Waals surface area contributed by atoms with E-state index in [0.29, 0.717) is 12.1 Å². The third-order valence-electron chi connectivity index (χ3n) is 2.78. The summed E-state index contributed by atoms with van der Waals surface area (Å²) in [6.07, 6.45) is 0.874. The molecule has 1 aromatic carbocycles. The zero-order chi connectivity index (χ0) is 14.6. The van der Waals surface area contributed by atoms with Crippen molar-refractivity contribution < 1.29 is 13.2 Å². The largest absolute Gasteiger partial charge is 0.336 e. The van der Waals surface area contributed by atoms with Gasteiger partial charge < -0.3 is 4.90 Å². The van der Waals surface area contributed by atoms with Crippen molar-refractivity contribution in [2.24, 2.45) is 5.14 Å². The van der Waals surface area contributed by atoms with Gasteiger partial charge in [-0.05, 0) is 44.5 Å². The molecule has 0 saturated heterocycles. The van der Waals surface area contributed by atoms with Crippen LogP contribution in [-0.2, 0) is 10.0 Å². The van der Waals surface area contributed by atoms with Crippen LogP contribution in [0.15, 0.2) is 29.2 Å². The summed E-state index contributed by atoms with van der Waals surface area (Å²) in [6.45, 7) is 6.58. The maximum absolute atomic E-state index is 12.3. The van der Waals surface area contributed by atoms with Crippen LogP contribution in [0.4, 0.5) is 0 Å². The number of rotatable bonds is 5. The second-order valence-corrected chi connectivity index (χ2v) is 6.22. The van der Waals surface area contributed by atoms with Gasteiger partial charge in [-0.3, -0.25) is 4.79 Å². The average Bonchev–Trinajstić information content (AvgIpc) is 2.34. The number of primary sulfonamides is 1. The van der Waals surface area contributed by atoms with Crippen molar-refractivity contribution in [3.63, 3.8) is 0 Å². The van der Waals surface area contributed by atoms with Crippen LogP contribution >= 0.6 is 0 Å². The molecular weight excluding hydrogens is 264 g/mol. The maximum Gasteiger partial charge on any atom is 0.254 e. The molecule has 106 valence electrons. The van der Waals surface area contributed by atoms with Crippen molar-refractivity contribution >= 4 is 15.9 Å². The van der Waals surface area contributed by atoms with Crippen molar-refractivity contribution in [2.45, 2.75) is 38.1 Å². The number of hydrogen-bond donors (Lipinski definition) is 1. The fourth-order valence-corrected chi connectivity index (χ4v) is 2.30. The summed E-state index contributed by atoms with van der Waals surface area (Å²) < 4.78 is 22.3. The molecule has 0 aliphatic heterocycles. The molecule has 1 aromatic rings. The molecule has 0 bridgehead atoms. The number of carbonyl (C=O) groups excluding carboxylic acids is 1. The number of nitrogens with zero attached hydrogens (tertiary/aromatic N) is 1. The number of nitrogens with two attached hydrogens (primary N) is 1. The maximum atomic E-state index is 12.3. The second kappa shape index (κ2) is 6.16. The first kappa shape index (κ1) is 15.7. The molecule has 1 rings (SSSR count). The van der Waals surface area contributed by atoms with Crippen molar-refractivity contribution in [3.8, 4) is 0 Å². The monoisotopic (exact) mass is 284 g/mol. The zero-order valence-corrected chi connectivity index (χ0v) is 12.3. The molecular formula is C13H20N2O3S. The molecule has 0 fully saturated rings. The Balaban J connectivity index is 3.00. The molecule has 0 heterocycles. The van der Waals surface area contributed by atoms with Gasteiger partial charge in [0.2, 0.25) is 10.0 Å². The van der Waals surface area contributed by atoms with Gasteiger partial charge in [-0.25, -0.2) is 13.6 Å². The lowest BCUT2D eigenvalue weighted by molar-refractivity contribution is 0.0706. The Morgan fingerprint density at radius 1 is 1.26 bits per heavy atom. The van der Waals surface area contributed by atoms with E-state index in [9.17, 15) is 13.2 Å². The minimum atomic E-state index is -3.72. The topological polar surface area (TPSA) is 80.5 Å². The molecule has 6 heteroatoms. The minimum absolute atomic E-state index is 0.00985. The first-order valence-electron chi connectivity index (χ1n) is 6.21. The summed E-state index contributed by atoms with van der Waals surface area (Å²) in [7, 11) is -3.72. The lowest BCUT2D eigenvalue weighted by atomic mass is 10.1. The fourth-order valence-electron chi connectivity index (χ4n) is 1.79. The molecule has 0 unspecified atom stereocenters. The van der Waals surface area contributed by atoms with E-state index in [4.69, 9.17) is 5.14 Å². The van der Waals surface area contributed by atoms with Gasteiger partial charge in [0.15, 0.2) is 0 Å². The number of sulfonamides is 1. The number of hydrogen-bond acceptors (Lipinski definition) is 3. The molecule has 2 N–H and O–H groups in total. The summed E-state index contributed by atoms with van der Waals surface area (Å²) in [5.74, 6) is -0.0992. The highest BCUT2D eigenvalue weighted by atomic mass is 32.2. The highest BCUT2D eigenvalue weighted by Gasteiger charge is 2.18. The fraction of sp³-hybridized carbons (Fsp3) is 0.462. The van der Waals surface area contributed by atoms with Gasteiger partial charge in [0.1, 0.15) is 0 Å². The van der Waals surface area contributed by atoms with Crippen LogP contribution in [0.3, 0.4) is 0 Å².